The first-order valence-corrected chi connectivity index (χ1v) is 11.9. The second-order valence-corrected chi connectivity index (χ2v) is 9.27. The van der Waals surface area contributed by atoms with Crippen molar-refractivity contribution in [1.82, 2.24) is 5.32 Å². The number of benzene rings is 3. The van der Waals surface area contributed by atoms with Gasteiger partial charge in [0, 0.05) is 17.8 Å². The first-order chi connectivity index (χ1) is 18.1. The number of carbonyl (C=O) groups excluding carboxylic acids is 1. The number of alkyl halides is 6. The summed E-state index contributed by atoms with van der Waals surface area (Å²) in [6.07, 6.45) is -11.4. The van der Waals surface area contributed by atoms with E-state index in [0.717, 1.165) is 29.8 Å². The van der Waals surface area contributed by atoms with Crippen molar-refractivity contribution in [3.63, 3.8) is 0 Å². The summed E-state index contributed by atoms with van der Waals surface area (Å²) < 4.78 is 90.5. The molecule has 1 atom stereocenters. The Labute approximate surface area is 221 Å². The zero-order valence-corrected chi connectivity index (χ0v) is 21.6. The van der Waals surface area contributed by atoms with Crippen molar-refractivity contribution < 1.29 is 40.6 Å². The highest BCUT2D eigenvalue weighted by atomic mass is 19.4. The standard InChI is InChI=1S/C28H28F6N2O3/c1-15(2)17-5-8-25(38-4)24(12-17)23-7-6-20(27(29,30)31)10-19(23)14-36-26(37)39-16(3)18-9-21(28(32,33)34)13-22(35)11-18/h5-13,15-16H,14,35H2,1-4H3,(H,36,37). The second kappa shape index (κ2) is 11.5. The molecule has 5 nitrogen and oxygen atoms in total. The second-order valence-electron chi connectivity index (χ2n) is 9.27. The Morgan fingerprint density at radius 1 is 0.846 bits per heavy atom. The molecule has 0 radical (unpaired) electrons. The maximum Gasteiger partial charge on any atom is 0.416 e. The number of anilines is 1. The van der Waals surface area contributed by atoms with Gasteiger partial charge in [-0.15, -0.1) is 0 Å². The van der Waals surface area contributed by atoms with Crippen LogP contribution < -0.4 is 15.8 Å². The van der Waals surface area contributed by atoms with Crippen molar-refractivity contribution in [2.45, 2.75) is 51.7 Å². The molecule has 0 aliphatic rings. The minimum Gasteiger partial charge on any atom is -0.496 e. The molecule has 0 aliphatic heterocycles. The summed E-state index contributed by atoms with van der Waals surface area (Å²) in [7, 11) is 1.44. The molecular formula is C28H28F6N2O3. The monoisotopic (exact) mass is 554 g/mol. The van der Waals surface area contributed by atoms with E-state index in [2.05, 4.69) is 5.32 Å². The number of alkyl carbamates (subject to hydrolysis) is 1. The van der Waals surface area contributed by atoms with Crippen molar-refractivity contribution >= 4 is 11.8 Å². The van der Waals surface area contributed by atoms with Crippen LogP contribution in [0.2, 0.25) is 0 Å². The molecule has 3 aromatic carbocycles. The van der Waals surface area contributed by atoms with Gasteiger partial charge in [-0.2, -0.15) is 26.3 Å². The van der Waals surface area contributed by atoms with Crippen LogP contribution in [0.15, 0.2) is 54.6 Å². The van der Waals surface area contributed by atoms with E-state index in [1.54, 1.807) is 6.07 Å². The van der Waals surface area contributed by atoms with Gasteiger partial charge in [-0.1, -0.05) is 26.0 Å². The lowest BCUT2D eigenvalue weighted by atomic mass is 9.92. The summed E-state index contributed by atoms with van der Waals surface area (Å²) in [5, 5.41) is 2.40. The third kappa shape index (κ3) is 7.36. The number of hydrogen-bond donors (Lipinski definition) is 2. The molecule has 1 unspecified atom stereocenters. The molecule has 0 aromatic heterocycles. The maximum atomic E-state index is 13.5. The lowest BCUT2D eigenvalue weighted by Crippen LogP contribution is -2.25. The van der Waals surface area contributed by atoms with Crippen molar-refractivity contribution in [2.24, 2.45) is 0 Å². The maximum absolute atomic E-state index is 13.5. The largest absolute Gasteiger partial charge is 0.496 e. The summed E-state index contributed by atoms with van der Waals surface area (Å²) in [6.45, 7) is 4.93. The van der Waals surface area contributed by atoms with Crippen molar-refractivity contribution in [1.29, 1.82) is 0 Å². The molecule has 0 fully saturated rings. The minimum atomic E-state index is -4.65. The van der Waals surface area contributed by atoms with Crippen LogP contribution in [0.4, 0.5) is 36.8 Å². The number of nitrogens with two attached hydrogens (primary N) is 1. The number of methoxy groups -OCH3 is 1. The van der Waals surface area contributed by atoms with E-state index in [1.807, 2.05) is 26.0 Å². The molecule has 11 heteroatoms. The van der Waals surface area contributed by atoms with Gasteiger partial charge in [0.25, 0.3) is 0 Å². The summed E-state index contributed by atoms with van der Waals surface area (Å²) in [5.41, 5.74) is 5.51. The van der Waals surface area contributed by atoms with Crippen LogP contribution in [-0.4, -0.2) is 13.2 Å². The van der Waals surface area contributed by atoms with Crippen LogP contribution in [0.5, 0.6) is 5.75 Å². The molecular weight excluding hydrogens is 526 g/mol. The summed E-state index contributed by atoms with van der Waals surface area (Å²) in [5.74, 6) is 0.561. The SMILES string of the molecule is COc1ccc(C(C)C)cc1-c1ccc(C(F)(F)F)cc1CNC(=O)OC(C)c1cc(N)cc(C(F)(F)F)c1. The summed E-state index contributed by atoms with van der Waals surface area (Å²) >= 11 is 0. The van der Waals surface area contributed by atoms with Gasteiger partial charge in [-0.05, 0) is 77.6 Å². The van der Waals surface area contributed by atoms with Crippen LogP contribution in [0.1, 0.15) is 60.6 Å². The van der Waals surface area contributed by atoms with E-state index in [-0.39, 0.29) is 29.3 Å². The molecule has 0 heterocycles. The average molecular weight is 555 g/mol. The summed E-state index contributed by atoms with van der Waals surface area (Å²) in [6, 6.07) is 11.4. The van der Waals surface area contributed by atoms with Gasteiger partial charge >= 0.3 is 18.4 Å². The molecule has 0 saturated heterocycles. The Kier molecular flexibility index (Phi) is 8.72. The normalized spacial score (nSPS) is 12.8. The van der Waals surface area contributed by atoms with Gasteiger partial charge in [0.2, 0.25) is 0 Å². The third-order valence-corrected chi connectivity index (χ3v) is 6.09. The minimum absolute atomic E-state index is 0.00692. The number of nitrogens with one attached hydrogen (secondary N) is 1. The van der Waals surface area contributed by atoms with Crippen LogP contribution in [0.25, 0.3) is 11.1 Å². The van der Waals surface area contributed by atoms with Crippen LogP contribution in [-0.2, 0) is 23.6 Å². The molecule has 0 aliphatic carbocycles. The number of amides is 1. The van der Waals surface area contributed by atoms with Crippen LogP contribution in [0.3, 0.4) is 0 Å². The molecule has 3 rings (SSSR count). The van der Waals surface area contributed by atoms with Crippen molar-refractivity contribution in [3.05, 3.63) is 82.4 Å². The highest BCUT2D eigenvalue weighted by molar-refractivity contribution is 5.76. The van der Waals surface area contributed by atoms with Crippen LogP contribution in [0, 0.1) is 0 Å². The van der Waals surface area contributed by atoms with Gasteiger partial charge in [0.15, 0.2) is 0 Å². The van der Waals surface area contributed by atoms with Gasteiger partial charge in [-0.25, -0.2) is 4.79 Å². The number of hydrogen-bond acceptors (Lipinski definition) is 4. The van der Waals surface area contributed by atoms with Crippen LogP contribution >= 0.6 is 0 Å². The first-order valence-electron chi connectivity index (χ1n) is 11.9. The Bertz CT molecular complexity index is 1340. The van der Waals surface area contributed by atoms with Gasteiger partial charge in [0.1, 0.15) is 11.9 Å². The zero-order valence-electron chi connectivity index (χ0n) is 21.6. The van der Waals surface area contributed by atoms with E-state index < -0.39 is 35.7 Å². The zero-order chi connectivity index (χ0) is 29.1. The number of carbonyl (C=O) groups is 1. The molecule has 0 saturated carbocycles. The van der Waals surface area contributed by atoms with Crippen molar-refractivity contribution in [3.8, 4) is 16.9 Å². The van der Waals surface area contributed by atoms with Crippen molar-refractivity contribution in [2.75, 3.05) is 12.8 Å². The number of halogens is 6. The predicted octanol–water partition coefficient (Wildman–Crippen LogP) is 8.09. The smallest absolute Gasteiger partial charge is 0.416 e. The fourth-order valence-corrected chi connectivity index (χ4v) is 3.99. The fraction of sp³-hybridized carbons (Fsp3) is 0.321. The first kappa shape index (κ1) is 29.7. The van der Waals surface area contributed by atoms with E-state index in [1.165, 1.54) is 26.2 Å². The molecule has 0 spiro atoms. The number of rotatable bonds is 7. The lowest BCUT2D eigenvalue weighted by molar-refractivity contribution is -0.138. The molecule has 1 amide bonds. The third-order valence-electron chi connectivity index (χ3n) is 6.09. The molecule has 3 N–H and O–H groups in total. The Hall–Kier alpha value is -3.89. The average Bonchev–Trinajstić information content (AvgIpc) is 2.85. The van der Waals surface area contributed by atoms with E-state index in [9.17, 15) is 31.1 Å². The van der Waals surface area contributed by atoms with Gasteiger partial charge < -0.3 is 20.5 Å². The number of ether oxygens (including phenoxy) is 2. The van der Waals surface area contributed by atoms with Gasteiger partial charge in [-0.3, -0.25) is 0 Å². The molecule has 3 aromatic rings. The molecule has 210 valence electrons. The Balaban J connectivity index is 1.89. The molecule has 39 heavy (non-hydrogen) atoms. The quantitative estimate of drug-likeness (QED) is 0.229. The summed E-state index contributed by atoms with van der Waals surface area (Å²) in [4.78, 5) is 12.5. The Morgan fingerprint density at radius 3 is 2.10 bits per heavy atom. The highest BCUT2D eigenvalue weighted by Crippen LogP contribution is 2.38. The fourth-order valence-electron chi connectivity index (χ4n) is 3.99. The highest BCUT2D eigenvalue weighted by Gasteiger charge is 2.32. The predicted molar refractivity (Wildman–Crippen MR) is 135 cm³/mol. The lowest BCUT2D eigenvalue weighted by Gasteiger charge is -2.19. The Morgan fingerprint density at radius 2 is 1.51 bits per heavy atom. The topological polar surface area (TPSA) is 73.6 Å². The van der Waals surface area contributed by atoms with Gasteiger partial charge in [0.05, 0.1) is 18.2 Å². The van der Waals surface area contributed by atoms with E-state index in [0.29, 0.717) is 16.9 Å². The van der Waals surface area contributed by atoms with E-state index in [4.69, 9.17) is 15.2 Å². The number of nitrogen functional groups attached to an aromatic ring is 1. The van der Waals surface area contributed by atoms with E-state index >= 15 is 0 Å². The molecule has 0 bridgehead atoms.